The third-order valence-corrected chi connectivity index (χ3v) is 4.32. The second-order valence-electron chi connectivity index (χ2n) is 6.05. The van der Waals surface area contributed by atoms with Crippen LogP contribution in [0.5, 0.6) is 0 Å². The Morgan fingerprint density at radius 1 is 1.30 bits per heavy atom. The average Bonchev–Trinajstić information content (AvgIpc) is 3.16. The van der Waals surface area contributed by atoms with Crippen molar-refractivity contribution in [3.8, 4) is 0 Å². The molecule has 0 spiro atoms. The molecule has 4 rings (SSSR count). The van der Waals surface area contributed by atoms with Gasteiger partial charge in [0, 0.05) is 35.6 Å². The van der Waals surface area contributed by atoms with Crippen molar-refractivity contribution in [2.24, 2.45) is 0 Å². The van der Waals surface area contributed by atoms with Gasteiger partial charge in [-0.25, -0.2) is 9.97 Å². The van der Waals surface area contributed by atoms with Gasteiger partial charge in [0.2, 0.25) is 0 Å². The van der Waals surface area contributed by atoms with Crippen molar-refractivity contribution in [2.45, 2.75) is 33.4 Å². The number of carbonyl (C=O) groups excluding carboxylic acids is 1. The van der Waals surface area contributed by atoms with E-state index in [4.69, 9.17) is 0 Å². The number of benzene rings is 1. The molecule has 5 heteroatoms. The number of aryl methyl sites for hydroxylation is 2. The number of H-pyrrole nitrogens is 1. The van der Waals surface area contributed by atoms with Crippen LogP contribution in [0.2, 0.25) is 0 Å². The van der Waals surface area contributed by atoms with Gasteiger partial charge in [-0.05, 0) is 25.1 Å². The van der Waals surface area contributed by atoms with Crippen molar-refractivity contribution < 1.29 is 4.79 Å². The topological polar surface area (TPSA) is 61.9 Å². The smallest absolute Gasteiger partial charge is 0.270 e. The summed E-state index contributed by atoms with van der Waals surface area (Å²) in [6, 6.07) is 8.07. The molecule has 2 aromatic heterocycles. The molecule has 3 heterocycles. The first-order chi connectivity index (χ1) is 11.1. The Morgan fingerprint density at radius 2 is 2.17 bits per heavy atom. The summed E-state index contributed by atoms with van der Waals surface area (Å²) >= 11 is 0. The monoisotopic (exact) mass is 306 g/mol. The molecule has 0 saturated heterocycles. The zero-order chi connectivity index (χ0) is 16.0. The van der Waals surface area contributed by atoms with Crippen LogP contribution in [-0.4, -0.2) is 25.8 Å². The van der Waals surface area contributed by atoms with Crippen molar-refractivity contribution in [1.82, 2.24) is 19.9 Å². The maximum atomic E-state index is 12.8. The molecule has 5 nitrogen and oxygen atoms in total. The van der Waals surface area contributed by atoms with Gasteiger partial charge in [0.25, 0.3) is 5.91 Å². The van der Waals surface area contributed by atoms with Crippen LogP contribution in [0.1, 0.15) is 40.1 Å². The number of fused-ring (bicyclic) bond motifs is 2. The van der Waals surface area contributed by atoms with E-state index in [2.05, 4.69) is 27.9 Å². The molecule has 116 valence electrons. The quantitative estimate of drug-likeness (QED) is 0.791. The fraction of sp³-hybridized carbons (Fsp3) is 0.278. The number of rotatable bonds is 2. The molecular weight excluding hydrogens is 288 g/mol. The van der Waals surface area contributed by atoms with Crippen molar-refractivity contribution in [3.05, 3.63) is 58.8 Å². The fourth-order valence-corrected chi connectivity index (χ4v) is 3.05. The Kier molecular flexibility index (Phi) is 3.15. The standard InChI is InChI=1S/C18H18N4O/c1-3-17-19-8-13-9-22(10-16(13)21-17)18(23)15-7-12-6-11(2)4-5-14(12)20-15/h4-8,20H,3,9-10H2,1-2H3. The van der Waals surface area contributed by atoms with E-state index in [9.17, 15) is 4.79 Å². The highest BCUT2D eigenvalue weighted by molar-refractivity contribution is 5.98. The summed E-state index contributed by atoms with van der Waals surface area (Å²) in [5.74, 6) is 0.842. The van der Waals surface area contributed by atoms with E-state index < -0.39 is 0 Å². The molecule has 1 aromatic carbocycles. The molecule has 3 aromatic rings. The van der Waals surface area contributed by atoms with Crippen molar-refractivity contribution >= 4 is 16.8 Å². The van der Waals surface area contributed by atoms with Gasteiger partial charge in [-0.3, -0.25) is 4.79 Å². The van der Waals surface area contributed by atoms with E-state index in [0.29, 0.717) is 18.8 Å². The lowest BCUT2D eigenvalue weighted by molar-refractivity contribution is 0.0745. The number of nitrogens with one attached hydrogen (secondary N) is 1. The van der Waals surface area contributed by atoms with Gasteiger partial charge in [-0.2, -0.15) is 0 Å². The molecule has 0 bridgehead atoms. The lowest BCUT2D eigenvalue weighted by atomic mass is 10.2. The highest BCUT2D eigenvalue weighted by Gasteiger charge is 2.26. The largest absolute Gasteiger partial charge is 0.351 e. The molecule has 0 unspecified atom stereocenters. The normalized spacial score (nSPS) is 13.6. The zero-order valence-electron chi connectivity index (χ0n) is 13.3. The number of aromatic nitrogens is 3. The van der Waals surface area contributed by atoms with Gasteiger partial charge < -0.3 is 9.88 Å². The fourth-order valence-electron chi connectivity index (χ4n) is 3.05. The highest BCUT2D eigenvalue weighted by Crippen LogP contribution is 2.24. The summed E-state index contributed by atoms with van der Waals surface area (Å²) in [6.45, 7) is 5.21. The molecule has 0 aliphatic carbocycles. The summed E-state index contributed by atoms with van der Waals surface area (Å²) in [6.07, 6.45) is 2.66. The Morgan fingerprint density at radius 3 is 3.00 bits per heavy atom. The number of hydrogen-bond acceptors (Lipinski definition) is 3. The molecular formula is C18H18N4O. The summed E-state index contributed by atoms with van der Waals surface area (Å²) in [4.78, 5) is 26.7. The Labute approximate surface area is 134 Å². The molecule has 23 heavy (non-hydrogen) atoms. The maximum Gasteiger partial charge on any atom is 0.270 e. The van der Waals surface area contributed by atoms with E-state index in [1.165, 1.54) is 5.56 Å². The van der Waals surface area contributed by atoms with E-state index >= 15 is 0 Å². The third kappa shape index (κ3) is 2.38. The van der Waals surface area contributed by atoms with Crippen molar-refractivity contribution in [3.63, 3.8) is 0 Å². The molecule has 1 aliphatic rings. The van der Waals surface area contributed by atoms with Crippen LogP contribution >= 0.6 is 0 Å². The number of carbonyl (C=O) groups is 1. The van der Waals surface area contributed by atoms with Crippen LogP contribution in [0.4, 0.5) is 0 Å². The Hall–Kier alpha value is -2.69. The van der Waals surface area contributed by atoms with Gasteiger partial charge in [-0.15, -0.1) is 0 Å². The first kappa shape index (κ1) is 13.9. The van der Waals surface area contributed by atoms with Gasteiger partial charge in [0.1, 0.15) is 11.5 Å². The summed E-state index contributed by atoms with van der Waals surface area (Å²) in [5, 5.41) is 1.07. The predicted octanol–water partition coefficient (Wildman–Crippen LogP) is 2.98. The van der Waals surface area contributed by atoms with Crippen molar-refractivity contribution in [1.29, 1.82) is 0 Å². The number of aromatic amines is 1. The molecule has 0 atom stereocenters. The van der Waals surface area contributed by atoms with Crippen LogP contribution in [0.25, 0.3) is 10.9 Å². The number of hydrogen-bond donors (Lipinski definition) is 1. The predicted molar refractivity (Wildman–Crippen MR) is 88.0 cm³/mol. The van der Waals surface area contributed by atoms with E-state index in [1.807, 2.05) is 36.2 Å². The van der Waals surface area contributed by atoms with Crippen molar-refractivity contribution in [2.75, 3.05) is 0 Å². The minimum atomic E-state index is 0.00917. The van der Waals surface area contributed by atoms with Crippen LogP contribution in [0.3, 0.4) is 0 Å². The van der Waals surface area contributed by atoms with Gasteiger partial charge in [0.15, 0.2) is 0 Å². The lowest BCUT2D eigenvalue weighted by Gasteiger charge is -2.13. The zero-order valence-corrected chi connectivity index (χ0v) is 13.3. The SMILES string of the molecule is CCc1ncc2c(n1)CN(C(=O)c1cc3cc(C)ccc3[nH]1)C2. The van der Waals surface area contributed by atoms with Gasteiger partial charge in [0.05, 0.1) is 12.2 Å². The molecule has 0 saturated carbocycles. The number of nitrogens with zero attached hydrogens (tertiary/aromatic N) is 3. The second kappa shape index (κ2) is 5.19. The van der Waals surface area contributed by atoms with Gasteiger partial charge >= 0.3 is 0 Å². The Bertz CT molecular complexity index is 913. The van der Waals surface area contributed by atoms with Gasteiger partial charge in [-0.1, -0.05) is 18.6 Å². The summed E-state index contributed by atoms with van der Waals surface area (Å²) in [5.41, 5.74) is 4.82. The summed E-state index contributed by atoms with van der Waals surface area (Å²) in [7, 11) is 0. The first-order valence-corrected chi connectivity index (χ1v) is 7.86. The van der Waals surface area contributed by atoms with E-state index in [1.54, 1.807) is 0 Å². The molecule has 0 radical (unpaired) electrons. The molecule has 1 N–H and O–H groups in total. The first-order valence-electron chi connectivity index (χ1n) is 7.86. The van der Waals surface area contributed by atoms with Crippen LogP contribution < -0.4 is 0 Å². The van der Waals surface area contributed by atoms with Crippen LogP contribution in [-0.2, 0) is 19.5 Å². The molecule has 1 aliphatic heterocycles. The average molecular weight is 306 g/mol. The summed E-state index contributed by atoms with van der Waals surface area (Å²) < 4.78 is 0. The second-order valence-corrected chi connectivity index (χ2v) is 6.05. The minimum Gasteiger partial charge on any atom is -0.351 e. The third-order valence-electron chi connectivity index (χ3n) is 4.32. The van der Waals surface area contributed by atoms with E-state index in [-0.39, 0.29) is 5.91 Å². The number of amides is 1. The molecule has 0 fully saturated rings. The van der Waals surface area contributed by atoms with Crippen LogP contribution in [0.15, 0.2) is 30.5 Å². The maximum absolute atomic E-state index is 12.8. The van der Waals surface area contributed by atoms with E-state index in [0.717, 1.165) is 34.4 Å². The lowest BCUT2D eigenvalue weighted by Crippen LogP contribution is -2.25. The highest BCUT2D eigenvalue weighted by atomic mass is 16.2. The minimum absolute atomic E-state index is 0.00917. The Balaban J connectivity index is 1.62. The van der Waals surface area contributed by atoms with Crippen LogP contribution in [0, 0.1) is 6.92 Å². The molecule has 1 amide bonds.